The number of methoxy groups -OCH3 is 1. The van der Waals surface area contributed by atoms with Crippen LogP contribution in [0.15, 0.2) is 30.5 Å². The fraction of sp³-hybridized carbons (Fsp3) is 0.593. The molecule has 202 valence electrons. The number of fused-ring (bicyclic) bond motifs is 1. The summed E-state index contributed by atoms with van der Waals surface area (Å²) in [7, 11) is 1.35. The van der Waals surface area contributed by atoms with Crippen LogP contribution in [0.4, 0.5) is 9.59 Å². The van der Waals surface area contributed by atoms with E-state index in [9.17, 15) is 14.4 Å². The second-order valence-corrected chi connectivity index (χ2v) is 10.6. The Morgan fingerprint density at radius 2 is 1.95 bits per heavy atom. The van der Waals surface area contributed by atoms with E-state index in [2.05, 4.69) is 33.0 Å². The summed E-state index contributed by atoms with van der Waals surface area (Å²) in [6.07, 6.45) is 3.20. The molecule has 37 heavy (non-hydrogen) atoms. The molecule has 1 aliphatic carbocycles. The molecule has 1 N–H and O–H groups in total. The highest BCUT2D eigenvalue weighted by atomic mass is 16.6. The molecule has 1 unspecified atom stereocenters. The Kier molecular flexibility index (Phi) is 8.26. The van der Waals surface area contributed by atoms with Crippen LogP contribution in [0.1, 0.15) is 45.6 Å². The molecule has 10 nitrogen and oxygen atoms in total. The maximum Gasteiger partial charge on any atom is 0.410 e. The highest BCUT2D eigenvalue weighted by Gasteiger charge is 2.39. The molecule has 3 amide bonds. The first-order valence-corrected chi connectivity index (χ1v) is 12.9. The van der Waals surface area contributed by atoms with Gasteiger partial charge in [-0.2, -0.15) is 0 Å². The van der Waals surface area contributed by atoms with Crippen LogP contribution in [0.2, 0.25) is 0 Å². The lowest BCUT2D eigenvalue weighted by Gasteiger charge is -2.35. The van der Waals surface area contributed by atoms with E-state index in [1.165, 1.54) is 7.11 Å². The molecule has 2 fully saturated rings. The van der Waals surface area contributed by atoms with E-state index in [1.54, 1.807) is 4.90 Å². The molecular weight excluding hydrogens is 476 g/mol. The number of nitrogens with zero attached hydrogens (tertiary/aromatic N) is 3. The summed E-state index contributed by atoms with van der Waals surface area (Å²) in [6, 6.07) is 8.32. The maximum absolute atomic E-state index is 13.6. The largest absolute Gasteiger partial charge is 0.453 e. The number of rotatable bonds is 8. The predicted octanol–water partition coefficient (Wildman–Crippen LogP) is 3.51. The van der Waals surface area contributed by atoms with Crippen molar-refractivity contribution in [3.05, 3.63) is 36.0 Å². The van der Waals surface area contributed by atoms with Gasteiger partial charge in [0, 0.05) is 49.3 Å². The van der Waals surface area contributed by atoms with Crippen molar-refractivity contribution >= 4 is 29.0 Å². The minimum absolute atomic E-state index is 0.0881. The molecule has 0 radical (unpaired) electrons. The molecule has 1 saturated carbocycles. The van der Waals surface area contributed by atoms with Gasteiger partial charge in [0.05, 0.1) is 20.3 Å². The number of amides is 3. The molecule has 2 aliphatic rings. The number of carbonyl (C=O) groups is 3. The van der Waals surface area contributed by atoms with Crippen molar-refractivity contribution in [1.29, 1.82) is 0 Å². The number of morpholine rings is 1. The van der Waals surface area contributed by atoms with Crippen LogP contribution in [0, 0.1) is 0 Å². The molecule has 2 heterocycles. The Labute approximate surface area is 217 Å². The minimum Gasteiger partial charge on any atom is -0.453 e. The molecule has 0 bridgehead atoms. The van der Waals surface area contributed by atoms with E-state index in [0.717, 1.165) is 42.3 Å². The van der Waals surface area contributed by atoms with Gasteiger partial charge in [0.15, 0.2) is 6.10 Å². The summed E-state index contributed by atoms with van der Waals surface area (Å²) in [5.41, 5.74) is 1.55. The minimum atomic E-state index is -0.709. The van der Waals surface area contributed by atoms with Crippen LogP contribution in [0.5, 0.6) is 0 Å². The fourth-order valence-electron chi connectivity index (χ4n) is 4.58. The van der Waals surface area contributed by atoms with Crippen LogP contribution in [-0.2, 0) is 32.1 Å². The summed E-state index contributed by atoms with van der Waals surface area (Å²) in [5, 5.41) is 3.81. The Morgan fingerprint density at radius 1 is 1.19 bits per heavy atom. The van der Waals surface area contributed by atoms with Crippen molar-refractivity contribution in [2.75, 3.05) is 33.4 Å². The third-order valence-electron chi connectivity index (χ3n) is 6.51. The number of nitrogens with one attached hydrogen (secondary N) is 1. The number of hydrogen-bond acceptors (Lipinski definition) is 6. The van der Waals surface area contributed by atoms with E-state index < -0.39 is 23.9 Å². The molecule has 0 spiro atoms. The fourth-order valence-corrected chi connectivity index (χ4v) is 4.58. The second kappa shape index (κ2) is 11.4. The van der Waals surface area contributed by atoms with E-state index in [0.29, 0.717) is 26.2 Å². The summed E-state index contributed by atoms with van der Waals surface area (Å²) in [4.78, 5) is 41.0. The van der Waals surface area contributed by atoms with Crippen LogP contribution in [-0.4, -0.2) is 83.6 Å². The average Bonchev–Trinajstić information content (AvgIpc) is 3.66. The third kappa shape index (κ3) is 6.94. The van der Waals surface area contributed by atoms with Gasteiger partial charge in [-0.1, -0.05) is 18.2 Å². The number of para-hydroxylation sites is 1. The molecule has 1 aromatic heterocycles. The van der Waals surface area contributed by atoms with Crippen molar-refractivity contribution in [3.8, 4) is 0 Å². The van der Waals surface area contributed by atoms with Gasteiger partial charge in [0.1, 0.15) is 5.60 Å². The van der Waals surface area contributed by atoms with Crippen LogP contribution in [0.25, 0.3) is 10.9 Å². The standard InChI is InChI=1S/C27H38N4O6/c1-27(2,3)37-26(34)30-14-15-36-23(18-30)24(32)31(20-10-11-20)17-19-16-29(13-7-12-28-25(33)35-4)22-9-6-5-8-21(19)22/h5-6,8-9,16,20,23H,7,10-15,17-18H2,1-4H3,(H,28,33). The lowest BCUT2D eigenvalue weighted by atomic mass is 10.1. The molecule has 2 aromatic rings. The van der Waals surface area contributed by atoms with Crippen molar-refractivity contribution in [2.24, 2.45) is 0 Å². The van der Waals surface area contributed by atoms with Gasteiger partial charge in [-0.05, 0) is 51.7 Å². The SMILES string of the molecule is COC(=O)NCCCn1cc(CN(C(=O)C2CN(C(=O)OC(C)(C)C)CCO2)C2CC2)c2ccccc21. The van der Waals surface area contributed by atoms with Gasteiger partial charge in [-0.15, -0.1) is 0 Å². The quantitative estimate of drug-likeness (QED) is 0.541. The Hall–Kier alpha value is -3.27. The van der Waals surface area contributed by atoms with Gasteiger partial charge >= 0.3 is 12.2 Å². The summed E-state index contributed by atoms with van der Waals surface area (Å²) in [6.45, 7) is 8.08. The van der Waals surface area contributed by atoms with Crippen LogP contribution < -0.4 is 5.32 Å². The zero-order chi connectivity index (χ0) is 26.6. The molecule has 4 rings (SSSR count). The van der Waals surface area contributed by atoms with E-state index in [-0.39, 0.29) is 18.5 Å². The zero-order valence-electron chi connectivity index (χ0n) is 22.2. The topological polar surface area (TPSA) is 102 Å². The summed E-state index contributed by atoms with van der Waals surface area (Å²) >= 11 is 0. The van der Waals surface area contributed by atoms with Crippen LogP contribution in [0.3, 0.4) is 0 Å². The van der Waals surface area contributed by atoms with E-state index >= 15 is 0 Å². The van der Waals surface area contributed by atoms with Gasteiger partial charge in [0.25, 0.3) is 5.91 Å². The molecule has 1 aromatic carbocycles. The van der Waals surface area contributed by atoms with Gasteiger partial charge in [-0.3, -0.25) is 4.79 Å². The number of benzene rings is 1. The predicted molar refractivity (Wildman–Crippen MR) is 138 cm³/mol. The number of aryl methyl sites for hydroxylation is 1. The second-order valence-electron chi connectivity index (χ2n) is 10.6. The first-order chi connectivity index (χ1) is 17.7. The first kappa shape index (κ1) is 26.8. The normalized spacial score (nSPS) is 17.9. The lowest BCUT2D eigenvalue weighted by molar-refractivity contribution is -0.150. The third-order valence-corrected chi connectivity index (χ3v) is 6.51. The first-order valence-electron chi connectivity index (χ1n) is 12.9. The van der Waals surface area contributed by atoms with Crippen LogP contribution >= 0.6 is 0 Å². The molecule has 1 atom stereocenters. The van der Waals surface area contributed by atoms with Gasteiger partial charge in [-0.25, -0.2) is 9.59 Å². The van der Waals surface area contributed by atoms with Crippen molar-refractivity contribution in [1.82, 2.24) is 19.7 Å². The highest BCUT2D eigenvalue weighted by Crippen LogP contribution is 2.32. The van der Waals surface area contributed by atoms with Crippen molar-refractivity contribution in [3.63, 3.8) is 0 Å². The van der Waals surface area contributed by atoms with E-state index in [1.807, 2.05) is 37.8 Å². The molecule has 1 saturated heterocycles. The monoisotopic (exact) mass is 514 g/mol. The molecular formula is C27H38N4O6. The molecule has 1 aliphatic heterocycles. The number of carbonyl (C=O) groups excluding carboxylic acids is 3. The number of alkyl carbamates (subject to hydrolysis) is 1. The Morgan fingerprint density at radius 3 is 2.65 bits per heavy atom. The van der Waals surface area contributed by atoms with Crippen molar-refractivity contribution in [2.45, 2.75) is 70.9 Å². The Balaban J connectivity index is 1.46. The number of ether oxygens (including phenoxy) is 3. The molecule has 10 heteroatoms. The zero-order valence-corrected chi connectivity index (χ0v) is 22.2. The van der Waals surface area contributed by atoms with Crippen molar-refractivity contribution < 1.29 is 28.6 Å². The highest BCUT2D eigenvalue weighted by molar-refractivity contribution is 5.86. The number of aromatic nitrogens is 1. The maximum atomic E-state index is 13.6. The average molecular weight is 515 g/mol. The van der Waals surface area contributed by atoms with Gasteiger partial charge < -0.3 is 33.9 Å². The van der Waals surface area contributed by atoms with Gasteiger partial charge in [0.2, 0.25) is 0 Å². The lowest BCUT2D eigenvalue weighted by Crippen LogP contribution is -2.53. The Bertz CT molecular complexity index is 1120. The van der Waals surface area contributed by atoms with E-state index in [4.69, 9.17) is 9.47 Å². The summed E-state index contributed by atoms with van der Waals surface area (Å²) < 4.78 is 18.1. The summed E-state index contributed by atoms with van der Waals surface area (Å²) in [5.74, 6) is -0.0881. The number of hydrogen-bond donors (Lipinski definition) is 1. The smallest absolute Gasteiger partial charge is 0.410 e.